The molecular formula is C22H22N4O4. The summed E-state index contributed by atoms with van der Waals surface area (Å²) in [7, 11) is 3.30. The van der Waals surface area contributed by atoms with Gasteiger partial charge < -0.3 is 23.8 Å². The second-order valence-corrected chi connectivity index (χ2v) is 6.91. The fourth-order valence-corrected chi connectivity index (χ4v) is 3.09. The number of aromatic amines is 1. The monoisotopic (exact) mass is 406 g/mol. The van der Waals surface area contributed by atoms with Crippen LogP contribution in [-0.2, 0) is 13.2 Å². The molecule has 0 spiro atoms. The fraction of sp³-hybridized carbons (Fsp3) is 0.227. The summed E-state index contributed by atoms with van der Waals surface area (Å²) in [5.74, 6) is 2.17. The third-order valence-electron chi connectivity index (χ3n) is 4.69. The first-order valence-electron chi connectivity index (χ1n) is 9.44. The van der Waals surface area contributed by atoms with Crippen LogP contribution in [0.4, 0.5) is 0 Å². The van der Waals surface area contributed by atoms with Crippen LogP contribution >= 0.6 is 0 Å². The standard InChI is InChI=1S/C22H22N4O4/c1-14-5-4-6-17-21(14)25-19(23-17)11-26(2)22(27)18-12-30-20(24-18)13-29-16-9-7-15(28-3)8-10-16/h4-10,12H,11,13H2,1-3H3,(H,23,25). The van der Waals surface area contributed by atoms with Gasteiger partial charge >= 0.3 is 0 Å². The first kappa shape index (κ1) is 19.5. The van der Waals surface area contributed by atoms with Crippen LogP contribution in [0.25, 0.3) is 11.0 Å². The summed E-state index contributed by atoms with van der Waals surface area (Å²) in [5.41, 5.74) is 3.16. The molecule has 4 aromatic rings. The Labute approximate surface area is 173 Å². The number of hydrogen-bond donors (Lipinski definition) is 1. The molecule has 0 aliphatic carbocycles. The largest absolute Gasteiger partial charge is 0.497 e. The highest BCUT2D eigenvalue weighted by molar-refractivity contribution is 5.91. The lowest BCUT2D eigenvalue weighted by Crippen LogP contribution is -2.27. The average molecular weight is 406 g/mol. The predicted octanol–water partition coefficient (Wildman–Crippen LogP) is 3.72. The van der Waals surface area contributed by atoms with Gasteiger partial charge in [0.2, 0.25) is 5.89 Å². The summed E-state index contributed by atoms with van der Waals surface area (Å²) in [5, 5.41) is 0. The number of methoxy groups -OCH3 is 1. The van der Waals surface area contributed by atoms with Crippen molar-refractivity contribution in [1.82, 2.24) is 19.9 Å². The summed E-state index contributed by atoms with van der Waals surface area (Å²) >= 11 is 0. The molecule has 0 fully saturated rings. The average Bonchev–Trinajstić information content (AvgIpc) is 3.39. The molecule has 8 nitrogen and oxygen atoms in total. The number of nitrogens with one attached hydrogen (secondary N) is 1. The van der Waals surface area contributed by atoms with Gasteiger partial charge in [-0.1, -0.05) is 12.1 Å². The maximum Gasteiger partial charge on any atom is 0.275 e. The molecule has 0 aliphatic heterocycles. The topological polar surface area (TPSA) is 93.5 Å². The summed E-state index contributed by atoms with van der Waals surface area (Å²) in [6.07, 6.45) is 1.34. The number of ether oxygens (including phenoxy) is 2. The van der Waals surface area contributed by atoms with Gasteiger partial charge in [0.1, 0.15) is 23.6 Å². The van der Waals surface area contributed by atoms with Crippen LogP contribution in [0.3, 0.4) is 0 Å². The number of aryl methyl sites for hydroxylation is 1. The zero-order valence-electron chi connectivity index (χ0n) is 17.0. The van der Waals surface area contributed by atoms with Gasteiger partial charge in [0.25, 0.3) is 5.91 Å². The number of H-pyrrole nitrogens is 1. The van der Waals surface area contributed by atoms with E-state index in [2.05, 4.69) is 15.0 Å². The maximum absolute atomic E-state index is 12.7. The Hall–Kier alpha value is -3.81. The van der Waals surface area contributed by atoms with Crippen LogP contribution in [0.5, 0.6) is 11.5 Å². The van der Waals surface area contributed by atoms with E-state index in [9.17, 15) is 4.79 Å². The van der Waals surface area contributed by atoms with E-state index in [1.54, 1.807) is 43.3 Å². The van der Waals surface area contributed by atoms with Crippen molar-refractivity contribution in [3.63, 3.8) is 0 Å². The summed E-state index contributed by atoms with van der Waals surface area (Å²) in [4.78, 5) is 26.3. The van der Waals surface area contributed by atoms with E-state index < -0.39 is 0 Å². The van der Waals surface area contributed by atoms with E-state index in [1.165, 1.54) is 6.26 Å². The summed E-state index contributed by atoms with van der Waals surface area (Å²) in [6.45, 7) is 2.45. The van der Waals surface area contributed by atoms with Crippen molar-refractivity contribution in [2.75, 3.05) is 14.2 Å². The molecule has 30 heavy (non-hydrogen) atoms. The number of rotatable bonds is 7. The molecule has 0 aliphatic rings. The van der Waals surface area contributed by atoms with Gasteiger partial charge in [0.15, 0.2) is 12.3 Å². The Morgan fingerprint density at radius 2 is 1.90 bits per heavy atom. The van der Waals surface area contributed by atoms with E-state index in [1.807, 2.05) is 25.1 Å². The molecule has 0 unspecified atom stereocenters. The van der Waals surface area contributed by atoms with E-state index in [0.717, 1.165) is 22.3 Å². The Morgan fingerprint density at radius 3 is 2.63 bits per heavy atom. The van der Waals surface area contributed by atoms with Crippen molar-refractivity contribution in [3.05, 3.63) is 71.7 Å². The van der Waals surface area contributed by atoms with Crippen molar-refractivity contribution in [3.8, 4) is 11.5 Å². The van der Waals surface area contributed by atoms with Crippen LogP contribution in [-0.4, -0.2) is 39.9 Å². The number of benzene rings is 2. The van der Waals surface area contributed by atoms with Crippen LogP contribution < -0.4 is 9.47 Å². The molecule has 2 aromatic heterocycles. The number of imidazole rings is 1. The zero-order chi connectivity index (χ0) is 21.1. The number of aromatic nitrogens is 3. The lowest BCUT2D eigenvalue weighted by molar-refractivity contribution is 0.0776. The highest BCUT2D eigenvalue weighted by Crippen LogP contribution is 2.19. The number of carbonyl (C=O) groups excluding carboxylic acids is 1. The lowest BCUT2D eigenvalue weighted by Gasteiger charge is -2.13. The van der Waals surface area contributed by atoms with Crippen LogP contribution in [0.2, 0.25) is 0 Å². The lowest BCUT2D eigenvalue weighted by atomic mass is 10.2. The minimum atomic E-state index is -0.258. The number of fused-ring (bicyclic) bond motifs is 1. The predicted molar refractivity (Wildman–Crippen MR) is 110 cm³/mol. The van der Waals surface area contributed by atoms with Crippen LogP contribution in [0, 0.1) is 6.92 Å². The second-order valence-electron chi connectivity index (χ2n) is 6.91. The quantitative estimate of drug-likeness (QED) is 0.503. The number of nitrogens with zero attached hydrogens (tertiary/aromatic N) is 3. The molecule has 8 heteroatoms. The van der Waals surface area contributed by atoms with Gasteiger partial charge in [-0.05, 0) is 42.8 Å². The molecule has 1 N–H and O–H groups in total. The maximum atomic E-state index is 12.7. The van der Waals surface area contributed by atoms with E-state index in [-0.39, 0.29) is 18.2 Å². The Morgan fingerprint density at radius 1 is 1.13 bits per heavy atom. The molecule has 0 radical (unpaired) electrons. The normalized spacial score (nSPS) is 10.9. The van der Waals surface area contributed by atoms with Gasteiger partial charge in [-0.2, -0.15) is 0 Å². The minimum Gasteiger partial charge on any atom is -0.497 e. The van der Waals surface area contributed by atoms with Crippen molar-refractivity contribution in [1.29, 1.82) is 0 Å². The third-order valence-corrected chi connectivity index (χ3v) is 4.69. The molecule has 2 heterocycles. The van der Waals surface area contributed by atoms with Crippen molar-refractivity contribution < 1.29 is 18.7 Å². The Balaban J connectivity index is 1.38. The minimum absolute atomic E-state index is 0.117. The fourth-order valence-electron chi connectivity index (χ4n) is 3.09. The van der Waals surface area contributed by atoms with Crippen molar-refractivity contribution in [2.45, 2.75) is 20.1 Å². The highest BCUT2D eigenvalue weighted by Gasteiger charge is 2.18. The van der Waals surface area contributed by atoms with Gasteiger partial charge in [-0.3, -0.25) is 4.79 Å². The van der Waals surface area contributed by atoms with Gasteiger partial charge in [-0.15, -0.1) is 0 Å². The van der Waals surface area contributed by atoms with Crippen molar-refractivity contribution in [2.24, 2.45) is 0 Å². The third kappa shape index (κ3) is 4.12. The first-order valence-corrected chi connectivity index (χ1v) is 9.44. The van der Waals surface area contributed by atoms with E-state index in [0.29, 0.717) is 24.0 Å². The van der Waals surface area contributed by atoms with Crippen LogP contribution in [0.15, 0.2) is 53.1 Å². The molecule has 154 valence electrons. The zero-order valence-corrected chi connectivity index (χ0v) is 17.0. The molecular weight excluding hydrogens is 384 g/mol. The summed E-state index contributed by atoms with van der Waals surface area (Å²) in [6, 6.07) is 13.1. The number of hydrogen-bond acceptors (Lipinski definition) is 6. The number of oxazole rings is 1. The van der Waals surface area contributed by atoms with E-state index >= 15 is 0 Å². The molecule has 0 saturated carbocycles. The molecule has 4 rings (SSSR count). The molecule has 0 atom stereocenters. The number of amides is 1. The Bertz CT molecular complexity index is 1160. The number of carbonyl (C=O) groups is 1. The van der Waals surface area contributed by atoms with Gasteiger partial charge in [-0.25, -0.2) is 9.97 Å². The molecule has 1 amide bonds. The Kier molecular flexibility index (Phi) is 5.38. The first-order chi connectivity index (χ1) is 14.5. The SMILES string of the molecule is COc1ccc(OCc2nc(C(=O)N(C)Cc3nc4c(C)cccc4[nH]3)co2)cc1. The van der Waals surface area contributed by atoms with Gasteiger partial charge in [0.05, 0.1) is 24.7 Å². The van der Waals surface area contributed by atoms with Crippen LogP contribution in [0.1, 0.15) is 27.8 Å². The smallest absolute Gasteiger partial charge is 0.275 e. The molecule has 2 aromatic carbocycles. The molecule has 0 saturated heterocycles. The number of para-hydroxylation sites is 1. The second kappa shape index (κ2) is 8.28. The van der Waals surface area contributed by atoms with Crippen molar-refractivity contribution >= 4 is 16.9 Å². The molecule has 0 bridgehead atoms. The van der Waals surface area contributed by atoms with Gasteiger partial charge in [0, 0.05) is 7.05 Å². The summed E-state index contributed by atoms with van der Waals surface area (Å²) < 4.78 is 16.1. The highest BCUT2D eigenvalue weighted by atomic mass is 16.5. The van der Waals surface area contributed by atoms with E-state index in [4.69, 9.17) is 13.9 Å².